The molecular formula is C25H40N4O4. The van der Waals surface area contributed by atoms with Crippen LogP contribution >= 0.6 is 0 Å². The van der Waals surface area contributed by atoms with Crippen molar-refractivity contribution < 1.29 is 19.5 Å². The van der Waals surface area contributed by atoms with Crippen molar-refractivity contribution in [3.8, 4) is 0 Å². The summed E-state index contributed by atoms with van der Waals surface area (Å²) in [7, 11) is 0. The molecule has 1 saturated carbocycles. The van der Waals surface area contributed by atoms with E-state index < -0.39 is 24.1 Å². The van der Waals surface area contributed by atoms with Crippen LogP contribution in [0.15, 0.2) is 30.3 Å². The summed E-state index contributed by atoms with van der Waals surface area (Å²) in [5.74, 6) is -0.805. The first kappa shape index (κ1) is 26.6. The predicted molar refractivity (Wildman–Crippen MR) is 129 cm³/mol. The Kier molecular flexibility index (Phi) is 11.7. The molecule has 0 radical (unpaired) electrons. The zero-order chi connectivity index (χ0) is 24.1. The van der Waals surface area contributed by atoms with E-state index in [-0.39, 0.29) is 11.8 Å². The second-order valence-electron chi connectivity index (χ2n) is 9.14. The van der Waals surface area contributed by atoms with Crippen molar-refractivity contribution in [2.75, 3.05) is 13.1 Å². The van der Waals surface area contributed by atoms with E-state index >= 15 is 0 Å². The third kappa shape index (κ3) is 9.82. The van der Waals surface area contributed by atoms with Crippen LogP contribution in [0.3, 0.4) is 0 Å². The number of carbonyl (C=O) groups is 3. The van der Waals surface area contributed by atoms with Crippen molar-refractivity contribution in [3.63, 3.8) is 0 Å². The van der Waals surface area contributed by atoms with Crippen LogP contribution < -0.4 is 21.7 Å². The van der Waals surface area contributed by atoms with Gasteiger partial charge in [-0.1, -0.05) is 69.4 Å². The molecule has 1 unspecified atom stereocenters. The van der Waals surface area contributed by atoms with E-state index in [0.29, 0.717) is 44.7 Å². The molecule has 0 saturated heterocycles. The van der Waals surface area contributed by atoms with Gasteiger partial charge < -0.3 is 26.8 Å². The number of hydrogen-bond acceptors (Lipinski definition) is 4. The van der Waals surface area contributed by atoms with Crippen molar-refractivity contribution in [2.24, 2.45) is 11.7 Å². The molecular weight excluding hydrogens is 420 g/mol. The Hall–Kier alpha value is -2.61. The molecule has 0 aromatic heterocycles. The van der Waals surface area contributed by atoms with E-state index in [1.54, 1.807) is 0 Å². The second-order valence-corrected chi connectivity index (χ2v) is 9.14. The number of urea groups is 1. The predicted octanol–water partition coefficient (Wildman–Crippen LogP) is 3.13. The molecule has 0 aliphatic heterocycles. The summed E-state index contributed by atoms with van der Waals surface area (Å²) in [5.41, 5.74) is 6.61. The number of hydrogen-bond donors (Lipinski definition) is 5. The summed E-state index contributed by atoms with van der Waals surface area (Å²) in [5, 5.41) is 17.7. The average Bonchev–Trinajstić information content (AvgIpc) is 2.82. The van der Waals surface area contributed by atoms with Gasteiger partial charge in [0.2, 0.25) is 5.91 Å². The van der Waals surface area contributed by atoms with Crippen LogP contribution in [0.25, 0.3) is 0 Å². The van der Waals surface area contributed by atoms with E-state index in [9.17, 15) is 19.5 Å². The number of carboxylic acids is 1. The molecule has 2 rings (SSSR count). The maximum absolute atomic E-state index is 13.0. The third-order valence-electron chi connectivity index (χ3n) is 6.42. The van der Waals surface area contributed by atoms with Gasteiger partial charge >= 0.3 is 12.0 Å². The van der Waals surface area contributed by atoms with Crippen LogP contribution in [-0.2, 0) is 9.59 Å². The highest BCUT2D eigenvalue weighted by molar-refractivity contribution is 5.88. The van der Waals surface area contributed by atoms with Crippen LogP contribution in [0, 0.1) is 5.92 Å². The molecule has 184 valence electrons. The van der Waals surface area contributed by atoms with E-state index in [2.05, 4.69) is 16.0 Å². The Morgan fingerprint density at radius 3 is 2.33 bits per heavy atom. The lowest BCUT2D eigenvalue weighted by atomic mass is 9.84. The number of carbonyl (C=O) groups excluding carboxylic acids is 2. The van der Waals surface area contributed by atoms with Crippen LogP contribution in [0.4, 0.5) is 4.79 Å². The maximum atomic E-state index is 13.0. The highest BCUT2D eigenvalue weighted by atomic mass is 16.4. The molecule has 1 fully saturated rings. The standard InChI is InChI=1S/C25H40N4O4/c1-18(20-12-6-3-7-13-20)17-27-23(30)22(16-19-10-4-2-5-11-19)29-25(33)28-21(24(31)32)14-8-9-15-26/h3,6-7,12-13,18-19,21-22H,2,4-5,8-11,14-17,26H2,1H3,(H,27,30)(H,31,32)(H2,28,29,33)/t18?,21-,22+/m0/s1. The Morgan fingerprint density at radius 2 is 1.70 bits per heavy atom. The van der Waals surface area contributed by atoms with Crippen molar-refractivity contribution in [3.05, 3.63) is 35.9 Å². The number of aliphatic carboxylic acids is 1. The normalized spacial score (nSPS) is 16.9. The molecule has 3 amide bonds. The summed E-state index contributed by atoms with van der Waals surface area (Å²) in [6.45, 7) is 2.98. The topological polar surface area (TPSA) is 134 Å². The quantitative estimate of drug-likeness (QED) is 0.288. The van der Waals surface area contributed by atoms with Gasteiger partial charge in [-0.05, 0) is 49.6 Å². The van der Waals surface area contributed by atoms with E-state index in [1.165, 1.54) is 6.42 Å². The number of benzene rings is 1. The number of nitrogens with one attached hydrogen (secondary N) is 3. The second kappa shape index (κ2) is 14.5. The summed E-state index contributed by atoms with van der Waals surface area (Å²) >= 11 is 0. The van der Waals surface area contributed by atoms with Gasteiger partial charge in [-0.15, -0.1) is 0 Å². The Morgan fingerprint density at radius 1 is 1.03 bits per heavy atom. The summed E-state index contributed by atoms with van der Waals surface area (Å²) in [4.78, 5) is 37.2. The molecule has 8 nitrogen and oxygen atoms in total. The van der Waals surface area contributed by atoms with Gasteiger partial charge in [-0.25, -0.2) is 9.59 Å². The maximum Gasteiger partial charge on any atom is 0.326 e. The van der Waals surface area contributed by atoms with Gasteiger partial charge in [0.05, 0.1) is 0 Å². The van der Waals surface area contributed by atoms with Gasteiger partial charge in [-0.3, -0.25) is 4.79 Å². The minimum absolute atomic E-state index is 0.137. The molecule has 1 aliphatic carbocycles. The number of rotatable bonds is 13. The third-order valence-corrected chi connectivity index (χ3v) is 6.42. The van der Waals surface area contributed by atoms with Gasteiger partial charge in [0.1, 0.15) is 12.1 Å². The fourth-order valence-electron chi connectivity index (χ4n) is 4.37. The van der Waals surface area contributed by atoms with Crippen LogP contribution in [0.2, 0.25) is 0 Å². The molecule has 0 spiro atoms. The zero-order valence-electron chi connectivity index (χ0n) is 19.7. The molecule has 1 aliphatic rings. The van der Waals surface area contributed by atoms with Gasteiger partial charge in [0.15, 0.2) is 0 Å². The molecule has 0 bridgehead atoms. The lowest BCUT2D eigenvalue weighted by Gasteiger charge is -2.27. The van der Waals surface area contributed by atoms with Crippen molar-refractivity contribution >= 4 is 17.9 Å². The number of unbranched alkanes of at least 4 members (excludes halogenated alkanes) is 1. The van der Waals surface area contributed by atoms with Crippen LogP contribution in [-0.4, -0.2) is 48.2 Å². The highest BCUT2D eigenvalue weighted by Crippen LogP contribution is 2.27. The number of nitrogens with two attached hydrogens (primary N) is 1. The summed E-state index contributed by atoms with van der Waals surface area (Å²) < 4.78 is 0. The highest BCUT2D eigenvalue weighted by Gasteiger charge is 2.28. The Labute approximate surface area is 197 Å². The minimum Gasteiger partial charge on any atom is -0.480 e. The van der Waals surface area contributed by atoms with Gasteiger partial charge in [0, 0.05) is 6.54 Å². The largest absolute Gasteiger partial charge is 0.480 e. The average molecular weight is 461 g/mol. The van der Waals surface area contributed by atoms with E-state index in [4.69, 9.17) is 5.73 Å². The first-order valence-corrected chi connectivity index (χ1v) is 12.2. The summed E-state index contributed by atoms with van der Waals surface area (Å²) in [6.07, 6.45) is 7.74. The first-order valence-electron chi connectivity index (χ1n) is 12.2. The van der Waals surface area contributed by atoms with Crippen LogP contribution in [0.1, 0.15) is 76.2 Å². The van der Waals surface area contributed by atoms with Gasteiger partial charge in [-0.2, -0.15) is 0 Å². The molecule has 33 heavy (non-hydrogen) atoms. The Bertz CT molecular complexity index is 737. The molecule has 3 atom stereocenters. The molecule has 1 aromatic carbocycles. The van der Waals surface area contributed by atoms with Crippen molar-refractivity contribution in [2.45, 2.75) is 82.7 Å². The molecule has 0 heterocycles. The smallest absolute Gasteiger partial charge is 0.326 e. The fourth-order valence-corrected chi connectivity index (χ4v) is 4.37. The number of amides is 3. The zero-order valence-corrected chi connectivity index (χ0v) is 19.7. The first-order chi connectivity index (χ1) is 15.9. The van der Waals surface area contributed by atoms with Crippen LogP contribution in [0.5, 0.6) is 0 Å². The van der Waals surface area contributed by atoms with E-state index in [1.807, 2.05) is 37.3 Å². The van der Waals surface area contributed by atoms with E-state index in [0.717, 1.165) is 31.2 Å². The van der Waals surface area contributed by atoms with Crippen molar-refractivity contribution in [1.82, 2.24) is 16.0 Å². The molecule has 1 aromatic rings. The lowest BCUT2D eigenvalue weighted by molar-refractivity contribution is -0.139. The molecule has 8 heteroatoms. The fraction of sp³-hybridized carbons (Fsp3) is 0.640. The monoisotopic (exact) mass is 460 g/mol. The minimum atomic E-state index is -1.09. The number of carboxylic acid groups (broad SMARTS) is 1. The van der Waals surface area contributed by atoms with Gasteiger partial charge in [0.25, 0.3) is 0 Å². The summed E-state index contributed by atoms with van der Waals surface area (Å²) in [6, 6.07) is 7.62. The molecule has 6 N–H and O–H groups in total. The Balaban J connectivity index is 1.97. The SMILES string of the molecule is CC(CNC(=O)[C@@H](CC1CCCCC1)NC(=O)N[C@@H](CCCCN)C(=O)O)c1ccccc1. The lowest BCUT2D eigenvalue weighted by Crippen LogP contribution is -2.54. The van der Waals surface area contributed by atoms with Crippen molar-refractivity contribution in [1.29, 1.82) is 0 Å².